The predicted octanol–water partition coefficient (Wildman–Crippen LogP) is -0.592. The molecule has 4 fully saturated rings. The number of hydrogen-bond donors (Lipinski definition) is 4. The summed E-state index contributed by atoms with van der Waals surface area (Å²) in [7, 11) is 0. The lowest BCUT2D eigenvalue weighted by atomic mass is 9.52. The van der Waals surface area contributed by atoms with Crippen LogP contribution in [0, 0.1) is 10.8 Å². The molecule has 0 unspecified atom stereocenters. The second kappa shape index (κ2) is 7.96. The second-order valence-corrected chi connectivity index (χ2v) is 10.5. The molecule has 4 N–H and O–H groups in total. The number of hydrogen-bond acceptors (Lipinski definition) is 10. The van der Waals surface area contributed by atoms with Gasteiger partial charge in [-0.25, -0.2) is 0 Å². The third kappa shape index (κ3) is 3.26. The number of aliphatic hydroxyl groups excluding tert-OH is 4. The number of fused-ring (bicyclic) bond motifs is 2. The van der Waals surface area contributed by atoms with Gasteiger partial charge in [-0.3, -0.25) is 4.79 Å². The first-order valence-corrected chi connectivity index (χ1v) is 11.7. The molecule has 10 heteroatoms. The van der Waals surface area contributed by atoms with Crippen molar-refractivity contribution in [3.8, 4) is 0 Å². The summed E-state index contributed by atoms with van der Waals surface area (Å²) >= 11 is 0. The number of carbonyl (C=O) groups excluding carboxylic acids is 1. The standard InChI is InChI=1S/C23H34O10/c1-11(25)31-15-7-16-23(10-30-23)22(15,3)21(2)5-4-12(6-14(21)33-16)9-29-20-19(28)18(27)17(26)13(8-24)32-20/h6,13-20,24,26-28H,4-5,7-10H2,1-3H3/t13-,14-,15-,16-,17-,18+,19-,20+,21+,22-,23+/m1/s1. The van der Waals surface area contributed by atoms with Gasteiger partial charge in [0.2, 0.25) is 0 Å². The van der Waals surface area contributed by atoms with Crippen molar-refractivity contribution in [2.24, 2.45) is 10.8 Å². The summed E-state index contributed by atoms with van der Waals surface area (Å²) in [6, 6.07) is 0. The first-order valence-electron chi connectivity index (χ1n) is 11.7. The second-order valence-electron chi connectivity index (χ2n) is 10.5. The maximum absolute atomic E-state index is 11.8. The van der Waals surface area contributed by atoms with Crippen LogP contribution in [0.15, 0.2) is 11.6 Å². The summed E-state index contributed by atoms with van der Waals surface area (Å²) in [5, 5.41) is 39.5. The summed E-state index contributed by atoms with van der Waals surface area (Å²) in [6.45, 7) is 6.01. The lowest BCUT2D eigenvalue weighted by molar-refractivity contribution is -0.299. The van der Waals surface area contributed by atoms with E-state index >= 15 is 0 Å². The van der Waals surface area contributed by atoms with Gasteiger partial charge in [-0.05, 0) is 18.4 Å². The molecule has 33 heavy (non-hydrogen) atoms. The van der Waals surface area contributed by atoms with Crippen LogP contribution in [0.2, 0.25) is 0 Å². The van der Waals surface area contributed by atoms with E-state index in [1.54, 1.807) is 0 Å². The summed E-state index contributed by atoms with van der Waals surface area (Å²) in [5.41, 5.74) is -0.159. The van der Waals surface area contributed by atoms with Crippen molar-refractivity contribution in [1.29, 1.82) is 0 Å². The average molecular weight is 471 g/mol. The molecule has 186 valence electrons. The predicted molar refractivity (Wildman–Crippen MR) is 111 cm³/mol. The van der Waals surface area contributed by atoms with Gasteiger partial charge >= 0.3 is 5.97 Å². The molecule has 5 aliphatic rings. The largest absolute Gasteiger partial charge is 0.462 e. The van der Waals surface area contributed by atoms with Crippen LogP contribution in [-0.4, -0.2) is 101 Å². The molecule has 1 spiro atoms. The van der Waals surface area contributed by atoms with E-state index in [0.29, 0.717) is 19.4 Å². The monoisotopic (exact) mass is 470 g/mol. The van der Waals surface area contributed by atoms with E-state index in [2.05, 4.69) is 13.8 Å². The number of aliphatic hydroxyl groups is 4. The summed E-state index contributed by atoms with van der Waals surface area (Å²) < 4.78 is 29.5. The highest BCUT2D eigenvalue weighted by Gasteiger charge is 2.81. The molecule has 2 bridgehead atoms. The van der Waals surface area contributed by atoms with Crippen molar-refractivity contribution in [1.82, 2.24) is 0 Å². The molecule has 0 amide bonds. The maximum atomic E-state index is 11.8. The number of carbonyl (C=O) groups is 1. The Labute approximate surface area is 192 Å². The molecule has 11 atom stereocenters. The van der Waals surface area contributed by atoms with Crippen molar-refractivity contribution < 1.29 is 48.9 Å². The van der Waals surface area contributed by atoms with Crippen molar-refractivity contribution in [2.45, 2.75) is 94.7 Å². The van der Waals surface area contributed by atoms with Crippen LogP contribution >= 0.6 is 0 Å². The van der Waals surface area contributed by atoms with Crippen LogP contribution in [0.3, 0.4) is 0 Å². The topological polar surface area (TPSA) is 147 Å². The van der Waals surface area contributed by atoms with E-state index in [0.717, 1.165) is 12.0 Å². The molecule has 3 saturated heterocycles. The summed E-state index contributed by atoms with van der Waals surface area (Å²) in [4.78, 5) is 11.8. The number of esters is 1. The van der Waals surface area contributed by atoms with Gasteiger partial charge in [0.05, 0.1) is 32.0 Å². The fourth-order valence-corrected chi connectivity index (χ4v) is 6.65. The van der Waals surface area contributed by atoms with Crippen molar-refractivity contribution in [3.05, 3.63) is 11.6 Å². The molecule has 3 aliphatic heterocycles. The third-order valence-corrected chi connectivity index (χ3v) is 8.99. The van der Waals surface area contributed by atoms with Gasteiger partial charge in [-0.2, -0.15) is 0 Å². The van der Waals surface area contributed by atoms with Crippen LogP contribution in [-0.2, 0) is 28.5 Å². The molecule has 1 saturated carbocycles. The Hall–Kier alpha value is -1.11. The van der Waals surface area contributed by atoms with Crippen LogP contribution in [0.4, 0.5) is 0 Å². The fourth-order valence-electron chi connectivity index (χ4n) is 6.65. The molecular formula is C23H34O10. The Morgan fingerprint density at radius 3 is 2.55 bits per heavy atom. The Bertz CT molecular complexity index is 824. The Kier molecular flexibility index (Phi) is 5.70. The highest BCUT2D eigenvalue weighted by Crippen LogP contribution is 2.71. The van der Waals surface area contributed by atoms with Crippen molar-refractivity contribution in [3.63, 3.8) is 0 Å². The van der Waals surface area contributed by atoms with E-state index in [-0.39, 0.29) is 41.7 Å². The van der Waals surface area contributed by atoms with E-state index in [9.17, 15) is 25.2 Å². The van der Waals surface area contributed by atoms with Gasteiger partial charge in [-0.15, -0.1) is 0 Å². The minimum absolute atomic E-state index is 0.148. The van der Waals surface area contributed by atoms with Gasteiger partial charge in [-0.1, -0.05) is 19.9 Å². The summed E-state index contributed by atoms with van der Waals surface area (Å²) in [6.07, 6.45) is -3.05. The first kappa shape index (κ1) is 23.6. The molecule has 5 rings (SSSR count). The Morgan fingerprint density at radius 2 is 1.91 bits per heavy atom. The molecule has 0 aromatic carbocycles. The highest BCUT2D eigenvalue weighted by atomic mass is 16.7. The third-order valence-electron chi connectivity index (χ3n) is 8.99. The highest BCUT2D eigenvalue weighted by molar-refractivity contribution is 5.66. The molecule has 3 heterocycles. The van der Waals surface area contributed by atoms with E-state index in [1.165, 1.54) is 6.92 Å². The van der Waals surface area contributed by atoms with E-state index in [4.69, 9.17) is 23.7 Å². The van der Waals surface area contributed by atoms with E-state index in [1.807, 2.05) is 6.08 Å². The summed E-state index contributed by atoms with van der Waals surface area (Å²) in [5.74, 6) is -0.301. The minimum atomic E-state index is -1.48. The van der Waals surface area contributed by atoms with Gasteiger partial charge in [0.1, 0.15) is 36.1 Å². The number of epoxide rings is 1. The van der Waals surface area contributed by atoms with Gasteiger partial charge < -0.3 is 44.1 Å². The molecule has 10 nitrogen and oxygen atoms in total. The van der Waals surface area contributed by atoms with Crippen LogP contribution < -0.4 is 0 Å². The minimum Gasteiger partial charge on any atom is -0.462 e. The van der Waals surface area contributed by atoms with E-state index < -0.39 is 42.9 Å². The lowest BCUT2D eigenvalue weighted by Crippen LogP contribution is -2.64. The molecule has 0 radical (unpaired) electrons. The molecule has 0 aromatic heterocycles. The molecule has 0 aromatic rings. The maximum Gasteiger partial charge on any atom is 0.302 e. The normalized spacial score (nSPS) is 52.9. The van der Waals surface area contributed by atoms with Crippen LogP contribution in [0.25, 0.3) is 0 Å². The average Bonchev–Trinajstić information content (AvgIpc) is 3.55. The van der Waals surface area contributed by atoms with Gasteiger partial charge in [0.15, 0.2) is 6.29 Å². The zero-order valence-corrected chi connectivity index (χ0v) is 19.2. The van der Waals surface area contributed by atoms with Gasteiger partial charge in [0, 0.05) is 24.2 Å². The fraction of sp³-hybridized carbons (Fsp3) is 0.870. The van der Waals surface area contributed by atoms with Crippen LogP contribution in [0.5, 0.6) is 0 Å². The first-order chi connectivity index (χ1) is 15.6. The van der Waals surface area contributed by atoms with Crippen LogP contribution in [0.1, 0.15) is 40.0 Å². The Balaban J connectivity index is 1.32. The zero-order chi connectivity index (χ0) is 23.8. The van der Waals surface area contributed by atoms with Crippen molar-refractivity contribution >= 4 is 5.97 Å². The zero-order valence-electron chi connectivity index (χ0n) is 19.2. The molecule has 2 aliphatic carbocycles. The lowest BCUT2D eigenvalue weighted by Gasteiger charge is -2.57. The number of rotatable bonds is 5. The molecular weight excluding hydrogens is 436 g/mol. The quantitative estimate of drug-likeness (QED) is 0.233. The Morgan fingerprint density at radius 1 is 1.18 bits per heavy atom. The number of ether oxygens (including phenoxy) is 5. The smallest absolute Gasteiger partial charge is 0.302 e. The van der Waals surface area contributed by atoms with Crippen molar-refractivity contribution in [2.75, 3.05) is 19.8 Å². The van der Waals surface area contributed by atoms with Gasteiger partial charge in [0.25, 0.3) is 0 Å². The SMILES string of the molecule is CC(=O)O[C@@H]1C[C@H]2O[C@@H]3C=C(CO[C@H]4O[C@H](CO)[C@@H](O)[C@H](O)[C@H]4O)CC[C@]3(C)[C@]1(C)[C@]21CO1.